The van der Waals surface area contributed by atoms with Crippen LogP contribution < -0.4 is 5.73 Å². The minimum absolute atomic E-state index is 0.345. The molecule has 2 N–H and O–H groups in total. The highest BCUT2D eigenvalue weighted by Crippen LogP contribution is 2.67. The van der Waals surface area contributed by atoms with Gasteiger partial charge in [0.1, 0.15) is 10.9 Å². The lowest BCUT2D eigenvalue weighted by atomic mass is 9.44. The summed E-state index contributed by atoms with van der Waals surface area (Å²) in [5.41, 5.74) is 9.22. The molecule has 4 saturated carbocycles. The molecule has 112 valence electrons. The van der Waals surface area contributed by atoms with E-state index in [-0.39, 0.29) is 0 Å². The van der Waals surface area contributed by atoms with Gasteiger partial charge in [0.2, 0.25) is 0 Å². The molecule has 5 rings (SSSR count). The Morgan fingerprint density at radius 2 is 1.95 bits per heavy atom. The van der Waals surface area contributed by atoms with Gasteiger partial charge in [-0.05, 0) is 67.8 Å². The molecular weight excluding hydrogens is 276 g/mol. The predicted octanol–water partition coefficient (Wildman–Crippen LogP) is 4.62. The Morgan fingerprint density at radius 3 is 2.48 bits per heavy atom. The molecule has 2 nitrogen and oxygen atoms in total. The molecule has 1 aromatic heterocycles. The van der Waals surface area contributed by atoms with Crippen molar-refractivity contribution < 1.29 is 0 Å². The van der Waals surface area contributed by atoms with Crippen LogP contribution in [0.3, 0.4) is 0 Å². The second-order valence-corrected chi connectivity index (χ2v) is 9.19. The summed E-state index contributed by atoms with van der Waals surface area (Å²) in [6.45, 7) is 4.69. The summed E-state index contributed by atoms with van der Waals surface area (Å²) < 4.78 is 0. The second-order valence-electron chi connectivity index (χ2n) is 8.17. The van der Waals surface area contributed by atoms with Crippen molar-refractivity contribution in [3.63, 3.8) is 0 Å². The molecule has 0 amide bonds. The third-order valence-electron chi connectivity index (χ3n) is 6.34. The smallest absolute Gasteiger partial charge is 0.128 e. The fraction of sp³-hybridized carbons (Fsp3) is 0.722. The van der Waals surface area contributed by atoms with Gasteiger partial charge in [-0.2, -0.15) is 5.26 Å². The van der Waals surface area contributed by atoms with E-state index < -0.39 is 0 Å². The Labute approximate surface area is 131 Å². The topological polar surface area (TPSA) is 49.8 Å². The zero-order chi connectivity index (χ0) is 14.8. The number of nitrogens with zero attached hydrogens (tertiary/aromatic N) is 1. The Hall–Kier alpha value is -1.01. The molecule has 4 aliphatic carbocycles. The van der Waals surface area contributed by atoms with Gasteiger partial charge in [0, 0.05) is 10.3 Å². The van der Waals surface area contributed by atoms with Crippen LogP contribution in [0.4, 0.5) is 5.69 Å². The Balaban J connectivity index is 1.85. The van der Waals surface area contributed by atoms with E-state index >= 15 is 0 Å². The first-order valence-corrected chi connectivity index (χ1v) is 9.12. The lowest BCUT2D eigenvalue weighted by Gasteiger charge is -2.61. The van der Waals surface area contributed by atoms with Crippen LogP contribution in [0.2, 0.25) is 0 Å². The van der Waals surface area contributed by atoms with Gasteiger partial charge in [-0.25, -0.2) is 0 Å². The summed E-state index contributed by atoms with van der Waals surface area (Å²) in [5.74, 6) is 1.82. The third kappa shape index (κ3) is 1.81. The quantitative estimate of drug-likeness (QED) is 0.866. The van der Waals surface area contributed by atoms with E-state index in [1.165, 1.54) is 49.0 Å². The molecule has 2 atom stereocenters. The Morgan fingerprint density at radius 1 is 1.29 bits per heavy atom. The van der Waals surface area contributed by atoms with Gasteiger partial charge in [-0.1, -0.05) is 13.8 Å². The average Bonchev–Trinajstić information content (AvgIpc) is 2.72. The molecule has 0 radical (unpaired) electrons. The molecular formula is C18H24N2S. The van der Waals surface area contributed by atoms with Crippen LogP contribution in [0.5, 0.6) is 0 Å². The zero-order valence-corrected chi connectivity index (χ0v) is 13.9. The van der Waals surface area contributed by atoms with Crippen LogP contribution in [-0.2, 0) is 11.8 Å². The van der Waals surface area contributed by atoms with E-state index in [0.29, 0.717) is 10.8 Å². The molecule has 4 aliphatic rings. The van der Waals surface area contributed by atoms with E-state index in [9.17, 15) is 5.26 Å². The first kappa shape index (κ1) is 13.6. The van der Waals surface area contributed by atoms with Crippen molar-refractivity contribution >= 4 is 17.0 Å². The van der Waals surface area contributed by atoms with Crippen molar-refractivity contribution in [3.05, 3.63) is 15.3 Å². The Kier molecular flexibility index (Phi) is 2.77. The average molecular weight is 300 g/mol. The van der Waals surface area contributed by atoms with Crippen LogP contribution in [0, 0.1) is 28.6 Å². The fourth-order valence-electron chi connectivity index (χ4n) is 6.33. The van der Waals surface area contributed by atoms with Gasteiger partial charge in [0.15, 0.2) is 0 Å². The molecule has 3 heteroatoms. The molecule has 1 heterocycles. The first-order chi connectivity index (χ1) is 9.98. The highest BCUT2D eigenvalue weighted by Gasteiger charge is 2.57. The minimum Gasteiger partial charge on any atom is -0.397 e. The summed E-state index contributed by atoms with van der Waals surface area (Å²) in [4.78, 5) is 2.24. The minimum atomic E-state index is 0.345. The number of thiophene rings is 1. The molecule has 2 unspecified atom stereocenters. The second kappa shape index (κ2) is 4.26. The van der Waals surface area contributed by atoms with Crippen molar-refractivity contribution in [2.45, 2.75) is 64.2 Å². The summed E-state index contributed by atoms with van der Waals surface area (Å²) in [5, 5.41) is 9.36. The maximum absolute atomic E-state index is 9.36. The fourth-order valence-corrected chi connectivity index (χ4v) is 7.64. The normalized spacial score (nSPS) is 40.4. The number of nitriles is 1. The van der Waals surface area contributed by atoms with Gasteiger partial charge in [-0.3, -0.25) is 0 Å². The highest BCUT2D eigenvalue weighted by atomic mass is 32.1. The Bertz CT molecular complexity index is 622. The highest BCUT2D eigenvalue weighted by molar-refractivity contribution is 7.13. The van der Waals surface area contributed by atoms with Crippen LogP contribution in [0.25, 0.3) is 0 Å². The van der Waals surface area contributed by atoms with Crippen LogP contribution in [0.15, 0.2) is 0 Å². The maximum Gasteiger partial charge on any atom is 0.128 e. The van der Waals surface area contributed by atoms with Gasteiger partial charge in [-0.15, -0.1) is 11.3 Å². The monoisotopic (exact) mass is 300 g/mol. The van der Waals surface area contributed by atoms with E-state index in [1.807, 2.05) is 0 Å². The largest absolute Gasteiger partial charge is 0.397 e. The lowest BCUT2D eigenvalue weighted by Crippen LogP contribution is -2.52. The van der Waals surface area contributed by atoms with Crippen molar-refractivity contribution in [3.8, 4) is 6.07 Å². The van der Waals surface area contributed by atoms with Crippen molar-refractivity contribution in [2.24, 2.45) is 17.3 Å². The molecule has 4 bridgehead atoms. The van der Waals surface area contributed by atoms with E-state index in [4.69, 9.17) is 5.73 Å². The number of anilines is 1. The van der Waals surface area contributed by atoms with E-state index in [0.717, 1.165) is 28.8 Å². The van der Waals surface area contributed by atoms with Gasteiger partial charge >= 0.3 is 0 Å². The molecule has 21 heavy (non-hydrogen) atoms. The van der Waals surface area contributed by atoms with Gasteiger partial charge in [0.25, 0.3) is 0 Å². The number of hydrogen-bond donors (Lipinski definition) is 1. The zero-order valence-electron chi connectivity index (χ0n) is 13.0. The lowest BCUT2D eigenvalue weighted by molar-refractivity contribution is -0.0604. The predicted molar refractivity (Wildman–Crippen MR) is 87.3 cm³/mol. The number of hydrogen-bond acceptors (Lipinski definition) is 3. The third-order valence-corrected chi connectivity index (χ3v) is 7.74. The maximum atomic E-state index is 9.36. The first-order valence-electron chi connectivity index (χ1n) is 8.30. The summed E-state index contributed by atoms with van der Waals surface area (Å²) in [6.07, 6.45) is 9.29. The summed E-state index contributed by atoms with van der Waals surface area (Å²) in [6, 6.07) is 2.33. The van der Waals surface area contributed by atoms with Crippen molar-refractivity contribution in [1.29, 1.82) is 5.26 Å². The summed E-state index contributed by atoms with van der Waals surface area (Å²) >= 11 is 1.71. The van der Waals surface area contributed by atoms with Gasteiger partial charge < -0.3 is 5.73 Å². The van der Waals surface area contributed by atoms with E-state index in [2.05, 4.69) is 19.9 Å². The molecule has 1 aromatic rings. The van der Waals surface area contributed by atoms with Crippen molar-refractivity contribution in [1.82, 2.24) is 0 Å². The van der Waals surface area contributed by atoms with E-state index in [1.54, 1.807) is 11.3 Å². The standard InChI is InChI=1S/C18H24N2S/c1-3-13-15(20)14(9-19)21-16(13)18-7-11-4-12(8-18)6-17(2,5-11)10-18/h11-12H,3-8,10,20H2,1-2H3. The molecule has 0 aromatic carbocycles. The van der Waals surface area contributed by atoms with Gasteiger partial charge in [0.05, 0.1) is 5.69 Å². The molecule has 0 saturated heterocycles. The van der Waals surface area contributed by atoms with Crippen molar-refractivity contribution in [2.75, 3.05) is 5.73 Å². The summed E-state index contributed by atoms with van der Waals surface area (Å²) in [7, 11) is 0. The van der Waals surface area contributed by atoms with Crippen LogP contribution >= 0.6 is 11.3 Å². The molecule has 0 spiro atoms. The number of rotatable bonds is 2. The van der Waals surface area contributed by atoms with Crippen LogP contribution in [0.1, 0.15) is 67.7 Å². The molecule has 4 fully saturated rings. The van der Waals surface area contributed by atoms with Crippen LogP contribution in [-0.4, -0.2) is 0 Å². The molecule has 0 aliphatic heterocycles. The SMILES string of the molecule is CCc1c(C23CC4CC(CC(C)(C4)C2)C3)sc(C#N)c1N. The number of nitrogens with two attached hydrogens (primary N) is 1. The number of nitrogen functional groups attached to an aromatic ring is 1.